The lowest BCUT2D eigenvalue weighted by atomic mass is 10.2. The van der Waals surface area contributed by atoms with Crippen LogP contribution in [0.15, 0.2) is 4.99 Å². The molecule has 1 aliphatic heterocycles. The van der Waals surface area contributed by atoms with Gasteiger partial charge >= 0.3 is 0 Å². The van der Waals surface area contributed by atoms with Gasteiger partial charge < -0.3 is 5.11 Å². The third-order valence-corrected chi connectivity index (χ3v) is 1.71. The van der Waals surface area contributed by atoms with E-state index >= 15 is 0 Å². The molecule has 2 heterocycles. The quantitative estimate of drug-likeness (QED) is 0.654. The fraction of sp³-hybridized carbons (Fsp3) is 0.429. The van der Waals surface area contributed by atoms with Crippen molar-refractivity contribution in [2.75, 3.05) is 0 Å². The Bertz CT molecular complexity index is 393. The molecule has 13 heavy (non-hydrogen) atoms. The van der Waals surface area contributed by atoms with Crippen LogP contribution in [0.2, 0.25) is 0 Å². The third-order valence-electron chi connectivity index (χ3n) is 1.71. The molecule has 0 amide bonds. The minimum Gasteiger partial charge on any atom is -0.388 e. The second kappa shape index (κ2) is 2.74. The first-order chi connectivity index (χ1) is 6.20. The van der Waals surface area contributed by atoms with Gasteiger partial charge in [0.25, 0.3) is 11.9 Å². The number of nitrogens with zero attached hydrogens (tertiary/aromatic N) is 4. The number of aliphatic hydroxyl groups excluding tert-OH is 1. The molecule has 0 spiro atoms. The Morgan fingerprint density at radius 3 is 3.08 bits per heavy atom. The zero-order valence-electron chi connectivity index (χ0n) is 7.06. The Morgan fingerprint density at radius 2 is 2.38 bits per heavy atom. The Kier molecular flexibility index (Phi) is 1.70. The summed E-state index contributed by atoms with van der Waals surface area (Å²) in [5, 5.41) is 12.5. The molecule has 0 saturated heterocycles. The van der Waals surface area contributed by atoms with Crippen LogP contribution in [0.25, 0.3) is 0 Å². The lowest BCUT2D eigenvalue weighted by Gasteiger charge is -2.06. The minimum atomic E-state index is -0.276. The Morgan fingerprint density at radius 1 is 1.62 bits per heavy atom. The number of rotatable bonds is 1. The summed E-state index contributed by atoms with van der Waals surface area (Å²) < 4.78 is 1.12. The first-order valence-corrected chi connectivity index (χ1v) is 3.85. The molecular formula is C7H8N4O2. The van der Waals surface area contributed by atoms with Crippen LogP contribution in [0.5, 0.6) is 0 Å². The number of aliphatic hydroxyl groups is 1. The summed E-state index contributed by atoms with van der Waals surface area (Å²) in [5.41, 5.74) is 0.717. The van der Waals surface area contributed by atoms with Crippen molar-refractivity contribution in [2.24, 2.45) is 4.99 Å². The minimum absolute atomic E-state index is 0.158. The molecule has 0 atom stereocenters. The smallest absolute Gasteiger partial charge is 0.255 e. The lowest BCUT2D eigenvalue weighted by molar-refractivity contribution is 0.0905. The van der Waals surface area contributed by atoms with Crippen LogP contribution in [-0.4, -0.2) is 31.5 Å². The highest BCUT2D eigenvalue weighted by Gasteiger charge is 2.20. The average Bonchev–Trinajstić information content (AvgIpc) is 2.47. The number of aliphatic imine (C=N–C) groups is 1. The number of aromatic nitrogens is 3. The second-order valence-electron chi connectivity index (χ2n) is 2.82. The molecule has 6 nitrogen and oxygen atoms in total. The van der Waals surface area contributed by atoms with Crippen LogP contribution in [0.1, 0.15) is 24.0 Å². The topological polar surface area (TPSA) is 80.4 Å². The monoisotopic (exact) mass is 180 g/mol. The average molecular weight is 180 g/mol. The first kappa shape index (κ1) is 8.06. The molecule has 6 heteroatoms. The molecule has 0 aliphatic carbocycles. The van der Waals surface area contributed by atoms with Crippen molar-refractivity contribution in [3.05, 3.63) is 5.82 Å². The van der Waals surface area contributed by atoms with Crippen LogP contribution < -0.4 is 0 Å². The van der Waals surface area contributed by atoms with E-state index in [1.165, 1.54) is 0 Å². The van der Waals surface area contributed by atoms with E-state index in [0.717, 1.165) is 10.4 Å². The molecular weight excluding hydrogens is 172 g/mol. The van der Waals surface area contributed by atoms with Gasteiger partial charge in [0.1, 0.15) is 6.61 Å². The number of carbonyl (C=O) groups is 1. The van der Waals surface area contributed by atoms with Gasteiger partial charge in [0.2, 0.25) is 0 Å². The molecule has 0 unspecified atom stereocenters. The van der Waals surface area contributed by atoms with Crippen molar-refractivity contribution in [1.29, 1.82) is 0 Å². The second-order valence-corrected chi connectivity index (χ2v) is 2.82. The SMILES string of the molecule is CC1=Nc2nc(CO)nn2C(=O)C1. The van der Waals surface area contributed by atoms with Gasteiger partial charge in [-0.1, -0.05) is 0 Å². The molecule has 1 N–H and O–H groups in total. The molecule has 0 saturated carbocycles. The van der Waals surface area contributed by atoms with Gasteiger partial charge in [-0.3, -0.25) is 4.79 Å². The van der Waals surface area contributed by atoms with Crippen LogP contribution in [0.3, 0.4) is 0 Å². The highest BCUT2D eigenvalue weighted by molar-refractivity contribution is 6.04. The molecule has 1 aromatic rings. The highest BCUT2D eigenvalue weighted by Crippen LogP contribution is 2.15. The Hall–Kier alpha value is -1.56. The predicted molar refractivity (Wildman–Crippen MR) is 44.0 cm³/mol. The highest BCUT2D eigenvalue weighted by atomic mass is 16.3. The summed E-state index contributed by atoms with van der Waals surface area (Å²) in [7, 11) is 0. The zero-order chi connectivity index (χ0) is 9.42. The van der Waals surface area contributed by atoms with E-state index in [9.17, 15) is 4.79 Å². The zero-order valence-corrected chi connectivity index (χ0v) is 7.06. The fourth-order valence-electron chi connectivity index (χ4n) is 1.16. The van der Waals surface area contributed by atoms with Gasteiger partial charge in [-0.05, 0) is 6.92 Å². The summed E-state index contributed by atoms with van der Waals surface area (Å²) in [6, 6.07) is 0. The summed E-state index contributed by atoms with van der Waals surface area (Å²) in [6.07, 6.45) is 0.265. The fourth-order valence-corrected chi connectivity index (χ4v) is 1.16. The molecule has 0 aromatic carbocycles. The van der Waals surface area contributed by atoms with E-state index in [-0.39, 0.29) is 30.7 Å². The largest absolute Gasteiger partial charge is 0.388 e. The van der Waals surface area contributed by atoms with Crippen molar-refractivity contribution in [2.45, 2.75) is 20.0 Å². The van der Waals surface area contributed by atoms with E-state index < -0.39 is 0 Å². The predicted octanol–water partition coefficient (Wildman–Crippen LogP) is -0.0933. The third kappa shape index (κ3) is 1.25. The number of fused-ring (bicyclic) bond motifs is 1. The molecule has 2 rings (SSSR count). The maximum atomic E-state index is 11.3. The van der Waals surface area contributed by atoms with Crippen molar-refractivity contribution in [3.63, 3.8) is 0 Å². The van der Waals surface area contributed by atoms with E-state index in [4.69, 9.17) is 5.11 Å². The first-order valence-electron chi connectivity index (χ1n) is 3.85. The van der Waals surface area contributed by atoms with Crippen LogP contribution in [0, 0.1) is 0 Å². The van der Waals surface area contributed by atoms with Crippen molar-refractivity contribution < 1.29 is 9.90 Å². The maximum absolute atomic E-state index is 11.3. The normalized spacial score (nSPS) is 15.5. The Labute approximate surface area is 73.9 Å². The number of carbonyl (C=O) groups excluding carboxylic acids is 1. The van der Waals surface area contributed by atoms with E-state index in [0.29, 0.717) is 0 Å². The van der Waals surface area contributed by atoms with E-state index in [1.807, 2.05) is 0 Å². The van der Waals surface area contributed by atoms with Gasteiger partial charge in [0.05, 0.1) is 6.42 Å². The van der Waals surface area contributed by atoms with Crippen molar-refractivity contribution in [3.8, 4) is 0 Å². The van der Waals surface area contributed by atoms with Gasteiger partial charge in [-0.25, -0.2) is 4.99 Å². The lowest BCUT2D eigenvalue weighted by Crippen LogP contribution is -2.19. The summed E-state index contributed by atoms with van der Waals surface area (Å²) in [4.78, 5) is 19.2. The van der Waals surface area contributed by atoms with Crippen molar-refractivity contribution >= 4 is 17.6 Å². The maximum Gasteiger partial charge on any atom is 0.255 e. The molecule has 0 fully saturated rings. The van der Waals surface area contributed by atoms with Crippen LogP contribution in [-0.2, 0) is 6.61 Å². The van der Waals surface area contributed by atoms with Crippen LogP contribution >= 0.6 is 0 Å². The van der Waals surface area contributed by atoms with Gasteiger partial charge in [-0.15, -0.1) is 5.10 Å². The van der Waals surface area contributed by atoms with Gasteiger partial charge in [0, 0.05) is 5.71 Å². The summed E-state index contributed by atoms with van der Waals surface area (Å²) in [5.74, 6) is 0.328. The summed E-state index contributed by atoms with van der Waals surface area (Å²) >= 11 is 0. The number of hydrogen-bond acceptors (Lipinski definition) is 5. The molecule has 1 aromatic heterocycles. The van der Waals surface area contributed by atoms with Crippen molar-refractivity contribution in [1.82, 2.24) is 14.8 Å². The standard InChI is InChI=1S/C7H8N4O2/c1-4-2-6(13)11-7(8-4)9-5(3-12)10-11/h12H,2-3H2,1H3. The van der Waals surface area contributed by atoms with Crippen LogP contribution in [0.4, 0.5) is 5.95 Å². The van der Waals surface area contributed by atoms with E-state index in [1.54, 1.807) is 6.92 Å². The molecule has 68 valence electrons. The summed E-state index contributed by atoms with van der Waals surface area (Å²) in [6.45, 7) is 1.48. The Balaban J connectivity index is 2.53. The molecule has 0 radical (unpaired) electrons. The van der Waals surface area contributed by atoms with E-state index in [2.05, 4.69) is 15.1 Å². The molecule has 0 bridgehead atoms. The molecule has 1 aliphatic rings. The van der Waals surface area contributed by atoms with Gasteiger partial charge in [-0.2, -0.15) is 9.67 Å². The number of hydrogen-bond donors (Lipinski definition) is 1. The van der Waals surface area contributed by atoms with Gasteiger partial charge in [0.15, 0.2) is 5.82 Å².